The molecule has 1 aliphatic rings. The van der Waals surface area contributed by atoms with Gasteiger partial charge < -0.3 is 10.2 Å². The summed E-state index contributed by atoms with van der Waals surface area (Å²) in [5.41, 5.74) is 1.82. The quantitative estimate of drug-likeness (QED) is 0.784. The molecule has 1 saturated carbocycles. The zero-order valence-electron chi connectivity index (χ0n) is 15.7. The minimum Gasteiger partial charge on any atom is -0.341 e. The second-order valence-corrected chi connectivity index (χ2v) is 7.02. The lowest BCUT2D eigenvalue weighted by atomic mass is 10.0. The van der Waals surface area contributed by atoms with Crippen LogP contribution >= 0.6 is 0 Å². The van der Waals surface area contributed by atoms with Crippen molar-refractivity contribution in [2.45, 2.75) is 38.8 Å². The van der Waals surface area contributed by atoms with Gasteiger partial charge in [0.15, 0.2) is 0 Å². The Bertz CT molecular complexity index is 788. The molecule has 0 bridgehead atoms. The average molecular weight is 368 g/mol. The zero-order chi connectivity index (χ0) is 19.4. The normalized spacial score (nSPS) is 15.7. The molecule has 3 rings (SSSR count). The van der Waals surface area contributed by atoms with Crippen molar-refractivity contribution in [2.24, 2.45) is 5.92 Å². The first-order chi connectivity index (χ1) is 13.0. The molecule has 4 nitrogen and oxygen atoms in total. The van der Waals surface area contributed by atoms with Gasteiger partial charge in [0, 0.05) is 6.54 Å². The molecule has 27 heavy (non-hydrogen) atoms. The number of hydrogen-bond acceptors (Lipinski definition) is 2. The number of amides is 2. The van der Waals surface area contributed by atoms with Crippen LogP contribution in [0.3, 0.4) is 0 Å². The van der Waals surface area contributed by atoms with E-state index in [-0.39, 0.29) is 17.9 Å². The molecule has 2 aromatic carbocycles. The zero-order valence-corrected chi connectivity index (χ0v) is 15.7. The van der Waals surface area contributed by atoms with Gasteiger partial charge in [-0.25, -0.2) is 4.39 Å². The van der Waals surface area contributed by atoms with Gasteiger partial charge in [0.05, 0.1) is 12.1 Å². The molecular weight excluding hydrogens is 343 g/mol. The number of nitrogens with zero attached hydrogens (tertiary/aromatic N) is 1. The third-order valence-corrected chi connectivity index (χ3v) is 5.15. The summed E-state index contributed by atoms with van der Waals surface area (Å²) in [5.74, 6) is -1.09. The fourth-order valence-electron chi connectivity index (χ4n) is 3.41. The van der Waals surface area contributed by atoms with Crippen molar-refractivity contribution in [3.05, 3.63) is 71.5 Å². The number of benzene rings is 2. The topological polar surface area (TPSA) is 49.4 Å². The largest absolute Gasteiger partial charge is 0.341 e. The highest BCUT2D eigenvalue weighted by atomic mass is 19.1. The first-order valence-corrected chi connectivity index (χ1v) is 9.43. The number of rotatable bonds is 6. The predicted octanol–water partition coefficient (Wildman–Crippen LogP) is 4.00. The maximum atomic E-state index is 13.2. The van der Waals surface area contributed by atoms with E-state index in [1.54, 1.807) is 12.1 Å². The fraction of sp³-hybridized carbons (Fsp3) is 0.364. The van der Waals surface area contributed by atoms with Crippen LogP contribution in [0.5, 0.6) is 0 Å². The van der Waals surface area contributed by atoms with E-state index < -0.39 is 11.8 Å². The summed E-state index contributed by atoms with van der Waals surface area (Å²) in [5, 5.41) is 2.94. The van der Waals surface area contributed by atoms with Gasteiger partial charge in [-0.2, -0.15) is 0 Å². The SMILES string of the molecule is CCN(C(=O)C(=O)N[C@H](c1ccccc1)C1CC1)[C@@H](C)c1ccc(F)cc1. The van der Waals surface area contributed by atoms with Crippen LogP contribution in [0.2, 0.25) is 0 Å². The van der Waals surface area contributed by atoms with Gasteiger partial charge in [0.1, 0.15) is 5.82 Å². The molecule has 1 fully saturated rings. The Morgan fingerprint density at radius 2 is 1.70 bits per heavy atom. The summed E-state index contributed by atoms with van der Waals surface area (Å²) in [6.45, 7) is 4.07. The van der Waals surface area contributed by atoms with Crippen LogP contribution in [0.15, 0.2) is 54.6 Å². The van der Waals surface area contributed by atoms with Crippen LogP contribution in [-0.4, -0.2) is 23.3 Å². The second kappa shape index (κ2) is 8.33. The van der Waals surface area contributed by atoms with Gasteiger partial charge in [0.2, 0.25) is 0 Å². The second-order valence-electron chi connectivity index (χ2n) is 7.02. The Morgan fingerprint density at radius 1 is 1.07 bits per heavy atom. The number of carbonyl (C=O) groups excluding carboxylic acids is 2. The summed E-state index contributed by atoms with van der Waals surface area (Å²) in [4.78, 5) is 27.0. The molecule has 2 amide bonds. The van der Waals surface area contributed by atoms with Crippen LogP contribution in [0, 0.1) is 11.7 Å². The van der Waals surface area contributed by atoms with Crippen LogP contribution in [0.4, 0.5) is 4.39 Å². The summed E-state index contributed by atoms with van der Waals surface area (Å²) in [7, 11) is 0. The molecule has 1 N–H and O–H groups in total. The average Bonchev–Trinajstić information content (AvgIpc) is 3.52. The lowest BCUT2D eigenvalue weighted by Gasteiger charge is -2.29. The van der Waals surface area contributed by atoms with Gasteiger partial charge in [0.25, 0.3) is 0 Å². The van der Waals surface area contributed by atoms with Crippen LogP contribution in [0.1, 0.15) is 49.9 Å². The number of likely N-dealkylation sites (N-methyl/N-ethyl adjacent to an activating group) is 1. The van der Waals surface area contributed by atoms with Crippen molar-refractivity contribution in [1.82, 2.24) is 10.2 Å². The Hall–Kier alpha value is -2.69. The van der Waals surface area contributed by atoms with Crippen molar-refractivity contribution in [3.8, 4) is 0 Å². The molecule has 0 spiro atoms. The smallest absolute Gasteiger partial charge is 0.312 e. The number of halogens is 1. The maximum absolute atomic E-state index is 13.2. The minimum absolute atomic E-state index is 0.137. The molecule has 1 aliphatic carbocycles. The molecule has 0 radical (unpaired) electrons. The van der Waals surface area contributed by atoms with Gasteiger partial charge in [-0.15, -0.1) is 0 Å². The van der Waals surface area contributed by atoms with E-state index in [0.717, 1.165) is 24.0 Å². The number of nitrogens with one attached hydrogen (secondary N) is 1. The molecule has 5 heteroatoms. The number of carbonyl (C=O) groups is 2. The first kappa shape index (κ1) is 19.1. The van der Waals surface area contributed by atoms with Crippen molar-refractivity contribution in [1.29, 1.82) is 0 Å². The third-order valence-electron chi connectivity index (χ3n) is 5.15. The Balaban J connectivity index is 1.72. The van der Waals surface area contributed by atoms with Gasteiger partial charge >= 0.3 is 11.8 Å². The van der Waals surface area contributed by atoms with E-state index >= 15 is 0 Å². The number of hydrogen-bond donors (Lipinski definition) is 1. The standard InChI is InChI=1S/C22H25FN2O2/c1-3-25(15(2)16-11-13-19(23)14-12-16)22(27)21(26)24-20(18-9-10-18)17-7-5-4-6-8-17/h4-8,11-15,18,20H,3,9-10H2,1-2H3,(H,24,26)/t15-,20+/m0/s1. The summed E-state index contributed by atoms with van der Waals surface area (Å²) in [6.07, 6.45) is 2.11. The molecule has 2 atom stereocenters. The Kier molecular flexibility index (Phi) is 5.89. The lowest BCUT2D eigenvalue weighted by molar-refractivity contribution is -0.147. The highest BCUT2D eigenvalue weighted by molar-refractivity contribution is 6.35. The van der Waals surface area contributed by atoms with Crippen molar-refractivity contribution in [3.63, 3.8) is 0 Å². The lowest BCUT2D eigenvalue weighted by Crippen LogP contribution is -2.45. The minimum atomic E-state index is -0.591. The molecule has 0 heterocycles. The van der Waals surface area contributed by atoms with E-state index in [1.165, 1.54) is 17.0 Å². The van der Waals surface area contributed by atoms with E-state index in [0.29, 0.717) is 12.5 Å². The Morgan fingerprint density at radius 3 is 2.26 bits per heavy atom. The predicted molar refractivity (Wildman–Crippen MR) is 102 cm³/mol. The van der Waals surface area contributed by atoms with Crippen molar-refractivity contribution >= 4 is 11.8 Å². The molecule has 0 unspecified atom stereocenters. The molecular formula is C22H25FN2O2. The van der Waals surface area contributed by atoms with Crippen molar-refractivity contribution < 1.29 is 14.0 Å². The first-order valence-electron chi connectivity index (χ1n) is 9.43. The molecule has 0 aliphatic heterocycles. The monoisotopic (exact) mass is 368 g/mol. The maximum Gasteiger partial charge on any atom is 0.312 e. The third kappa shape index (κ3) is 4.54. The van der Waals surface area contributed by atoms with E-state index in [1.807, 2.05) is 44.2 Å². The van der Waals surface area contributed by atoms with E-state index in [4.69, 9.17) is 0 Å². The van der Waals surface area contributed by atoms with E-state index in [2.05, 4.69) is 5.32 Å². The van der Waals surface area contributed by atoms with Gasteiger partial charge in [-0.3, -0.25) is 9.59 Å². The van der Waals surface area contributed by atoms with E-state index in [9.17, 15) is 14.0 Å². The van der Waals surface area contributed by atoms with Crippen molar-refractivity contribution in [2.75, 3.05) is 6.54 Å². The Labute approximate surface area is 159 Å². The highest BCUT2D eigenvalue weighted by Gasteiger charge is 2.35. The van der Waals surface area contributed by atoms with Crippen LogP contribution in [0.25, 0.3) is 0 Å². The highest BCUT2D eigenvalue weighted by Crippen LogP contribution is 2.41. The molecule has 142 valence electrons. The summed E-state index contributed by atoms with van der Waals surface area (Å²) in [6, 6.07) is 15.3. The van der Waals surface area contributed by atoms with Gasteiger partial charge in [-0.05, 0) is 55.9 Å². The summed E-state index contributed by atoms with van der Waals surface area (Å²) >= 11 is 0. The fourth-order valence-corrected chi connectivity index (χ4v) is 3.41. The molecule has 0 saturated heterocycles. The van der Waals surface area contributed by atoms with Crippen LogP contribution < -0.4 is 5.32 Å². The van der Waals surface area contributed by atoms with Crippen LogP contribution in [-0.2, 0) is 9.59 Å². The van der Waals surface area contributed by atoms with Gasteiger partial charge in [-0.1, -0.05) is 42.5 Å². The summed E-state index contributed by atoms with van der Waals surface area (Å²) < 4.78 is 13.2. The molecule has 0 aromatic heterocycles. The molecule has 2 aromatic rings.